The molecular weight excluding hydrogens is 407 g/mol. The van der Waals surface area contributed by atoms with E-state index in [-0.39, 0.29) is 18.1 Å². The fraction of sp³-hybridized carbons (Fsp3) is 0.409. The van der Waals surface area contributed by atoms with Crippen LogP contribution < -0.4 is 14.8 Å². The molecule has 0 radical (unpaired) electrons. The molecule has 30 heavy (non-hydrogen) atoms. The summed E-state index contributed by atoms with van der Waals surface area (Å²) in [6, 6.07) is 11.0. The first-order chi connectivity index (χ1) is 14.0. The number of sulfonamides is 1. The van der Waals surface area contributed by atoms with Gasteiger partial charge >= 0.3 is 0 Å². The van der Waals surface area contributed by atoms with Crippen molar-refractivity contribution in [3.63, 3.8) is 0 Å². The molecule has 2 aromatic carbocycles. The van der Waals surface area contributed by atoms with Crippen molar-refractivity contribution in [1.82, 2.24) is 10.0 Å². The van der Waals surface area contributed by atoms with Gasteiger partial charge in [-0.15, -0.1) is 0 Å². The molecule has 6 nitrogen and oxygen atoms in total. The molecule has 2 atom stereocenters. The summed E-state index contributed by atoms with van der Waals surface area (Å²) >= 11 is 0. The van der Waals surface area contributed by atoms with Gasteiger partial charge in [-0.2, -0.15) is 4.72 Å². The lowest BCUT2D eigenvalue weighted by molar-refractivity contribution is -0.124. The van der Waals surface area contributed by atoms with Gasteiger partial charge in [-0.3, -0.25) is 4.79 Å². The molecule has 2 rings (SSSR count). The monoisotopic (exact) mass is 436 g/mol. The molecule has 1 unspecified atom stereocenters. The average Bonchev–Trinajstić information content (AvgIpc) is 2.65. The lowest BCUT2D eigenvalue weighted by Crippen LogP contribution is -2.50. The average molecular weight is 437 g/mol. The lowest BCUT2D eigenvalue weighted by atomic mass is 10.0. The van der Waals surface area contributed by atoms with E-state index < -0.39 is 32.7 Å². The van der Waals surface area contributed by atoms with E-state index in [9.17, 15) is 17.6 Å². The number of halogens is 1. The summed E-state index contributed by atoms with van der Waals surface area (Å²) < 4.78 is 47.2. The first kappa shape index (κ1) is 23.8. The Balaban J connectivity index is 2.17. The first-order valence-corrected chi connectivity index (χ1v) is 11.3. The molecule has 0 heterocycles. The van der Waals surface area contributed by atoms with Crippen molar-refractivity contribution in [2.45, 2.75) is 57.7 Å². The molecule has 0 aromatic heterocycles. The Labute approximate surface area is 177 Å². The summed E-state index contributed by atoms with van der Waals surface area (Å²) in [5.74, 6) is -1.03. The van der Waals surface area contributed by atoms with E-state index in [4.69, 9.17) is 4.74 Å². The maximum Gasteiger partial charge on any atom is 0.244 e. The van der Waals surface area contributed by atoms with Crippen LogP contribution in [0.1, 0.15) is 46.2 Å². The van der Waals surface area contributed by atoms with E-state index >= 15 is 0 Å². The third-order valence-electron chi connectivity index (χ3n) is 4.45. The van der Waals surface area contributed by atoms with Gasteiger partial charge in [0.2, 0.25) is 15.9 Å². The van der Waals surface area contributed by atoms with Crippen LogP contribution in [0.4, 0.5) is 4.39 Å². The molecule has 1 amide bonds. The normalized spacial score (nSPS) is 13.9. The third kappa shape index (κ3) is 6.27. The van der Waals surface area contributed by atoms with Crippen LogP contribution in [0.3, 0.4) is 0 Å². The molecule has 0 saturated carbocycles. The molecule has 0 fully saturated rings. The predicted octanol–water partition coefficient (Wildman–Crippen LogP) is 3.79. The molecule has 164 valence electrons. The number of carbonyl (C=O) groups excluding carboxylic acids is 1. The van der Waals surface area contributed by atoms with Crippen LogP contribution in [-0.4, -0.2) is 26.5 Å². The molecule has 0 aliphatic carbocycles. The quantitative estimate of drug-likeness (QED) is 0.626. The Kier molecular flexibility index (Phi) is 7.97. The van der Waals surface area contributed by atoms with Gasteiger partial charge in [0.05, 0.1) is 12.1 Å². The van der Waals surface area contributed by atoms with Gasteiger partial charge in [-0.1, -0.05) is 38.1 Å². The number of nitrogens with one attached hydrogen (secondary N) is 2. The van der Waals surface area contributed by atoms with E-state index in [1.807, 2.05) is 38.1 Å². The number of carbonyl (C=O) groups is 1. The molecule has 0 spiro atoms. The Morgan fingerprint density at radius 2 is 1.67 bits per heavy atom. The summed E-state index contributed by atoms with van der Waals surface area (Å²) in [4.78, 5) is 12.4. The fourth-order valence-corrected chi connectivity index (χ4v) is 4.32. The van der Waals surface area contributed by atoms with Gasteiger partial charge in [0.25, 0.3) is 0 Å². The number of rotatable bonds is 9. The number of ether oxygens (including phenoxy) is 1. The summed E-state index contributed by atoms with van der Waals surface area (Å²) in [5.41, 5.74) is 0.820. The Morgan fingerprint density at radius 1 is 1.00 bits per heavy atom. The van der Waals surface area contributed by atoms with Gasteiger partial charge < -0.3 is 10.1 Å². The summed E-state index contributed by atoms with van der Waals surface area (Å²) in [5, 5.41) is 2.83. The van der Waals surface area contributed by atoms with Crippen molar-refractivity contribution in [3.05, 3.63) is 59.9 Å². The molecule has 8 heteroatoms. The smallest absolute Gasteiger partial charge is 0.244 e. The largest absolute Gasteiger partial charge is 0.491 e. The number of benzene rings is 2. The van der Waals surface area contributed by atoms with Crippen molar-refractivity contribution < 1.29 is 22.3 Å². The van der Waals surface area contributed by atoms with Crippen molar-refractivity contribution in [1.29, 1.82) is 0 Å². The van der Waals surface area contributed by atoms with Gasteiger partial charge in [-0.25, -0.2) is 12.8 Å². The van der Waals surface area contributed by atoms with Crippen LogP contribution in [-0.2, 0) is 14.8 Å². The van der Waals surface area contributed by atoms with Gasteiger partial charge in [0.15, 0.2) is 0 Å². The van der Waals surface area contributed by atoms with E-state index in [1.165, 1.54) is 12.1 Å². The molecule has 0 aliphatic rings. The van der Waals surface area contributed by atoms with Crippen molar-refractivity contribution in [2.24, 2.45) is 5.92 Å². The van der Waals surface area contributed by atoms with E-state index in [2.05, 4.69) is 10.0 Å². The summed E-state index contributed by atoms with van der Waals surface area (Å²) in [6.07, 6.45) is 0.0169. The molecule has 0 aliphatic heterocycles. The highest BCUT2D eigenvalue weighted by atomic mass is 32.2. The summed E-state index contributed by atoms with van der Waals surface area (Å²) in [7, 11) is -4.21. The van der Waals surface area contributed by atoms with Crippen LogP contribution >= 0.6 is 0 Å². The standard InChI is InChI=1S/C22H29FN2O4S/c1-14(2)21(25-30(27,28)20-12-7-6-11-19(20)23)22(26)24-16(5)17-9-8-10-18(13-17)29-15(3)4/h6-16,21,25H,1-5H3,(H,24,26)/t16?,21-/m0/s1. The first-order valence-electron chi connectivity index (χ1n) is 9.85. The van der Waals surface area contributed by atoms with E-state index in [0.29, 0.717) is 5.75 Å². The van der Waals surface area contributed by atoms with Crippen LogP contribution in [0.15, 0.2) is 53.4 Å². The lowest BCUT2D eigenvalue weighted by Gasteiger charge is -2.24. The predicted molar refractivity (Wildman–Crippen MR) is 114 cm³/mol. The highest BCUT2D eigenvalue weighted by Crippen LogP contribution is 2.21. The minimum atomic E-state index is -4.21. The van der Waals surface area contributed by atoms with E-state index in [0.717, 1.165) is 17.7 Å². The molecule has 0 bridgehead atoms. The fourth-order valence-electron chi connectivity index (χ4n) is 2.90. The maximum atomic E-state index is 14.0. The zero-order chi connectivity index (χ0) is 22.5. The Hall–Kier alpha value is -2.45. The molecule has 2 aromatic rings. The van der Waals surface area contributed by atoms with Crippen molar-refractivity contribution in [3.8, 4) is 5.75 Å². The van der Waals surface area contributed by atoms with Crippen LogP contribution in [0.2, 0.25) is 0 Å². The van der Waals surface area contributed by atoms with Crippen molar-refractivity contribution >= 4 is 15.9 Å². The van der Waals surface area contributed by atoms with Gasteiger partial charge in [0.1, 0.15) is 22.5 Å². The zero-order valence-electron chi connectivity index (χ0n) is 17.8. The molecule has 2 N–H and O–H groups in total. The Morgan fingerprint density at radius 3 is 2.27 bits per heavy atom. The van der Waals surface area contributed by atoms with E-state index in [1.54, 1.807) is 20.8 Å². The SMILES string of the molecule is CC(C)Oc1cccc(C(C)NC(=O)[C@@H](NS(=O)(=O)c2ccccc2F)C(C)C)c1. The molecule has 0 saturated heterocycles. The highest BCUT2D eigenvalue weighted by Gasteiger charge is 2.30. The third-order valence-corrected chi connectivity index (χ3v) is 5.92. The second kappa shape index (κ2) is 10.0. The number of amides is 1. The molecular formula is C22H29FN2O4S. The highest BCUT2D eigenvalue weighted by molar-refractivity contribution is 7.89. The minimum absolute atomic E-state index is 0.0169. The second-order valence-corrected chi connectivity index (χ2v) is 9.43. The minimum Gasteiger partial charge on any atom is -0.491 e. The number of hydrogen-bond donors (Lipinski definition) is 2. The topological polar surface area (TPSA) is 84.5 Å². The van der Waals surface area contributed by atoms with Crippen LogP contribution in [0, 0.1) is 11.7 Å². The van der Waals surface area contributed by atoms with Crippen LogP contribution in [0.25, 0.3) is 0 Å². The number of hydrogen-bond acceptors (Lipinski definition) is 4. The second-order valence-electron chi connectivity index (χ2n) is 7.74. The zero-order valence-corrected chi connectivity index (χ0v) is 18.7. The summed E-state index contributed by atoms with van der Waals surface area (Å²) in [6.45, 7) is 9.08. The van der Waals surface area contributed by atoms with Gasteiger partial charge in [0, 0.05) is 0 Å². The maximum absolute atomic E-state index is 14.0. The Bertz CT molecular complexity index is 977. The van der Waals surface area contributed by atoms with Crippen molar-refractivity contribution in [2.75, 3.05) is 0 Å². The van der Waals surface area contributed by atoms with Gasteiger partial charge in [-0.05, 0) is 56.5 Å². The van der Waals surface area contributed by atoms with Crippen LogP contribution in [0.5, 0.6) is 5.75 Å².